The van der Waals surface area contributed by atoms with E-state index in [0.29, 0.717) is 5.69 Å². The molecule has 1 aromatic rings. The smallest absolute Gasteiger partial charge is 0.323 e. The summed E-state index contributed by atoms with van der Waals surface area (Å²) in [7, 11) is 0. The lowest BCUT2D eigenvalue weighted by atomic mass is 10.0. The van der Waals surface area contributed by atoms with E-state index < -0.39 is 17.4 Å². The zero-order valence-electron chi connectivity index (χ0n) is 19.1. The summed E-state index contributed by atoms with van der Waals surface area (Å²) in [5, 5.41) is 19.9. The van der Waals surface area contributed by atoms with E-state index in [4.69, 9.17) is 5.11 Å². The summed E-state index contributed by atoms with van der Waals surface area (Å²) in [6.45, 7) is 4.09. The van der Waals surface area contributed by atoms with Gasteiger partial charge in [0, 0.05) is 24.2 Å². The van der Waals surface area contributed by atoms with Gasteiger partial charge in [-0.25, -0.2) is 0 Å². The van der Waals surface area contributed by atoms with Crippen molar-refractivity contribution in [3.8, 4) is 0 Å². The molecule has 0 fully saturated rings. The molecule has 1 amide bonds. The Hall–Kier alpha value is -2.44. The highest BCUT2D eigenvalue weighted by Crippen LogP contribution is 2.21. The lowest BCUT2D eigenvalue weighted by Crippen LogP contribution is -2.35. The standard InChI is InChI=1S/C24H38N2O5/c1-20(2)13-11-9-7-5-3-4-6-8-10-12-14-23(27)25(19-24(28)29)21-15-17-22(18-16-21)26(30)31/h15-18,20H,3-14,19H2,1-2H3,(H,28,29). The molecule has 7 heteroatoms. The molecule has 1 rings (SSSR count). The normalized spacial score (nSPS) is 10.9. The summed E-state index contributed by atoms with van der Waals surface area (Å²) in [6, 6.07) is 5.40. The predicted octanol–water partition coefficient (Wildman–Crippen LogP) is 6.35. The Kier molecular flexibility index (Phi) is 13.2. The van der Waals surface area contributed by atoms with Crippen LogP contribution in [0.15, 0.2) is 24.3 Å². The van der Waals surface area contributed by atoms with Gasteiger partial charge in [0.2, 0.25) is 5.91 Å². The number of rotatable bonds is 17. The summed E-state index contributed by atoms with van der Waals surface area (Å²) in [5.74, 6) is -0.578. The number of non-ortho nitro benzene ring substituents is 1. The Morgan fingerprint density at radius 3 is 1.84 bits per heavy atom. The van der Waals surface area contributed by atoms with Crippen molar-refractivity contribution in [2.75, 3.05) is 11.4 Å². The highest BCUT2D eigenvalue weighted by molar-refractivity contribution is 5.97. The molecule has 0 saturated heterocycles. The molecular formula is C24H38N2O5. The number of hydrogen-bond acceptors (Lipinski definition) is 4. The van der Waals surface area contributed by atoms with Crippen molar-refractivity contribution in [3.63, 3.8) is 0 Å². The SMILES string of the molecule is CC(C)CCCCCCCCCCCCC(=O)N(CC(=O)O)c1ccc([N+](=O)[O-])cc1. The second-order valence-corrected chi connectivity index (χ2v) is 8.62. The molecule has 0 atom stereocenters. The fraction of sp³-hybridized carbons (Fsp3) is 0.667. The molecule has 0 bridgehead atoms. The molecule has 0 heterocycles. The van der Waals surface area contributed by atoms with Crippen LogP contribution in [0.1, 0.15) is 90.9 Å². The number of nitrogens with zero attached hydrogens (tertiary/aromatic N) is 2. The highest BCUT2D eigenvalue weighted by Gasteiger charge is 2.19. The monoisotopic (exact) mass is 434 g/mol. The minimum absolute atomic E-state index is 0.0953. The average Bonchev–Trinajstić information content (AvgIpc) is 2.72. The molecule has 0 radical (unpaired) electrons. The Balaban J connectivity index is 2.24. The van der Waals surface area contributed by atoms with Crippen LogP contribution in [-0.4, -0.2) is 28.5 Å². The lowest BCUT2D eigenvalue weighted by molar-refractivity contribution is -0.384. The van der Waals surface area contributed by atoms with Crippen molar-refractivity contribution in [1.29, 1.82) is 0 Å². The van der Waals surface area contributed by atoms with Gasteiger partial charge in [-0.2, -0.15) is 0 Å². The van der Waals surface area contributed by atoms with Gasteiger partial charge in [0.05, 0.1) is 4.92 Å². The number of nitro benzene ring substituents is 1. The Labute approximate surface area is 186 Å². The first-order valence-corrected chi connectivity index (χ1v) is 11.6. The fourth-order valence-corrected chi connectivity index (χ4v) is 3.59. The third kappa shape index (κ3) is 12.1. The molecule has 7 nitrogen and oxygen atoms in total. The van der Waals surface area contributed by atoms with Crippen LogP contribution in [0.25, 0.3) is 0 Å². The fourth-order valence-electron chi connectivity index (χ4n) is 3.59. The number of carbonyl (C=O) groups is 2. The Morgan fingerprint density at radius 2 is 1.39 bits per heavy atom. The Bertz CT molecular complexity index is 673. The van der Waals surface area contributed by atoms with Crippen LogP contribution >= 0.6 is 0 Å². The third-order valence-corrected chi connectivity index (χ3v) is 5.39. The van der Waals surface area contributed by atoms with Gasteiger partial charge in [-0.15, -0.1) is 0 Å². The van der Waals surface area contributed by atoms with Gasteiger partial charge in [-0.1, -0.05) is 78.1 Å². The van der Waals surface area contributed by atoms with Gasteiger partial charge in [-0.05, 0) is 24.5 Å². The minimum atomic E-state index is -1.11. The maximum Gasteiger partial charge on any atom is 0.323 e. The van der Waals surface area contributed by atoms with E-state index in [9.17, 15) is 19.7 Å². The van der Waals surface area contributed by atoms with Gasteiger partial charge < -0.3 is 10.0 Å². The van der Waals surface area contributed by atoms with E-state index in [2.05, 4.69) is 13.8 Å². The summed E-state index contributed by atoms with van der Waals surface area (Å²) < 4.78 is 0. The number of aliphatic carboxylic acids is 1. The van der Waals surface area contributed by atoms with Crippen LogP contribution in [0.2, 0.25) is 0 Å². The van der Waals surface area contributed by atoms with E-state index in [1.807, 2.05) is 0 Å². The average molecular weight is 435 g/mol. The van der Waals surface area contributed by atoms with Crippen molar-refractivity contribution in [2.24, 2.45) is 5.92 Å². The van der Waals surface area contributed by atoms with Gasteiger partial charge in [0.1, 0.15) is 6.54 Å². The second-order valence-electron chi connectivity index (χ2n) is 8.62. The number of carboxylic acid groups (broad SMARTS) is 1. The lowest BCUT2D eigenvalue weighted by Gasteiger charge is -2.20. The van der Waals surface area contributed by atoms with Gasteiger partial charge in [0.25, 0.3) is 5.69 Å². The van der Waals surface area contributed by atoms with Crippen LogP contribution in [0, 0.1) is 16.0 Å². The van der Waals surface area contributed by atoms with Gasteiger partial charge in [-0.3, -0.25) is 19.7 Å². The van der Waals surface area contributed by atoms with Crippen molar-refractivity contribution in [2.45, 2.75) is 90.9 Å². The van der Waals surface area contributed by atoms with Crippen LogP contribution in [0.4, 0.5) is 11.4 Å². The molecule has 0 aliphatic heterocycles. The third-order valence-electron chi connectivity index (χ3n) is 5.39. The molecular weight excluding hydrogens is 396 g/mol. The van der Waals surface area contributed by atoms with E-state index in [0.717, 1.165) is 25.2 Å². The summed E-state index contributed by atoms with van der Waals surface area (Å²) in [5.41, 5.74) is 0.272. The molecule has 1 N–H and O–H groups in total. The summed E-state index contributed by atoms with van der Waals surface area (Å²) >= 11 is 0. The molecule has 1 aromatic carbocycles. The number of amides is 1. The molecule has 0 saturated carbocycles. The molecule has 31 heavy (non-hydrogen) atoms. The van der Waals surface area contributed by atoms with Crippen LogP contribution in [-0.2, 0) is 9.59 Å². The number of anilines is 1. The molecule has 174 valence electrons. The largest absolute Gasteiger partial charge is 0.480 e. The van der Waals surface area contributed by atoms with Crippen molar-refractivity contribution >= 4 is 23.3 Å². The van der Waals surface area contributed by atoms with Crippen LogP contribution in [0.5, 0.6) is 0 Å². The second kappa shape index (κ2) is 15.4. The number of unbranched alkanes of at least 4 members (excludes halogenated alkanes) is 9. The van der Waals surface area contributed by atoms with Crippen LogP contribution in [0.3, 0.4) is 0 Å². The quantitative estimate of drug-likeness (QED) is 0.175. The highest BCUT2D eigenvalue weighted by atomic mass is 16.6. The van der Waals surface area contributed by atoms with Gasteiger partial charge in [0.15, 0.2) is 0 Å². The zero-order valence-corrected chi connectivity index (χ0v) is 19.1. The van der Waals surface area contributed by atoms with Crippen molar-refractivity contribution in [1.82, 2.24) is 0 Å². The van der Waals surface area contributed by atoms with Crippen LogP contribution < -0.4 is 4.90 Å². The summed E-state index contributed by atoms with van der Waals surface area (Å²) in [4.78, 5) is 35.1. The maximum atomic E-state index is 12.5. The van der Waals surface area contributed by atoms with E-state index in [1.54, 1.807) is 0 Å². The number of carboxylic acids is 1. The Morgan fingerprint density at radius 1 is 0.903 bits per heavy atom. The molecule has 0 aliphatic carbocycles. The van der Waals surface area contributed by atoms with Crippen molar-refractivity contribution < 1.29 is 19.6 Å². The number of benzene rings is 1. The molecule has 0 unspecified atom stereocenters. The van der Waals surface area contributed by atoms with Gasteiger partial charge >= 0.3 is 5.97 Å². The van der Waals surface area contributed by atoms with E-state index in [-0.39, 0.29) is 18.0 Å². The van der Waals surface area contributed by atoms with E-state index >= 15 is 0 Å². The summed E-state index contributed by atoms with van der Waals surface area (Å²) in [6.07, 6.45) is 13.3. The first-order chi connectivity index (χ1) is 14.8. The van der Waals surface area contributed by atoms with E-state index in [1.165, 1.54) is 80.5 Å². The molecule has 0 aliphatic rings. The first kappa shape index (κ1) is 26.6. The maximum absolute atomic E-state index is 12.5. The number of hydrogen-bond donors (Lipinski definition) is 1. The first-order valence-electron chi connectivity index (χ1n) is 11.6. The predicted molar refractivity (Wildman–Crippen MR) is 123 cm³/mol. The minimum Gasteiger partial charge on any atom is -0.480 e. The topological polar surface area (TPSA) is 101 Å². The number of nitro groups is 1. The number of carbonyl (C=O) groups excluding carboxylic acids is 1. The van der Waals surface area contributed by atoms with Crippen molar-refractivity contribution in [3.05, 3.63) is 34.4 Å². The molecule has 0 spiro atoms. The zero-order chi connectivity index (χ0) is 23.1. The molecule has 0 aromatic heterocycles.